The molecule has 6 rings (SSSR count). The predicted octanol–water partition coefficient (Wildman–Crippen LogP) is 5.83. The average Bonchev–Trinajstić information content (AvgIpc) is 3.37. The zero-order chi connectivity index (χ0) is 30.8. The number of aromatic nitrogens is 4. The predicted molar refractivity (Wildman–Crippen MR) is 164 cm³/mol. The van der Waals surface area contributed by atoms with Crippen molar-refractivity contribution in [1.82, 2.24) is 24.4 Å². The van der Waals surface area contributed by atoms with Gasteiger partial charge in [-0.1, -0.05) is 29.8 Å². The van der Waals surface area contributed by atoms with E-state index in [9.17, 15) is 18.4 Å². The minimum Gasteiger partial charge on any atom is -0.369 e. The molecule has 2 aromatic heterocycles. The van der Waals surface area contributed by atoms with Gasteiger partial charge in [0, 0.05) is 42.8 Å². The van der Waals surface area contributed by atoms with Crippen LogP contribution in [-0.4, -0.2) is 55.5 Å². The largest absolute Gasteiger partial charge is 0.369 e. The van der Waals surface area contributed by atoms with Crippen molar-refractivity contribution in [3.05, 3.63) is 65.3 Å². The number of urea groups is 1. The Morgan fingerprint density at radius 2 is 1.80 bits per heavy atom. The number of carbonyl (C=O) groups excluding carboxylic acids is 2. The van der Waals surface area contributed by atoms with E-state index in [1.54, 1.807) is 11.1 Å². The number of halogens is 3. The molecular formula is C30H32ClF2N9O2. The number of imidazole rings is 1. The number of fused-ring (bicyclic) bond motifs is 1. The van der Waals surface area contributed by atoms with Gasteiger partial charge in [-0.2, -0.15) is 4.98 Å². The van der Waals surface area contributed by atoms with E-state index in [1.807, 2.05) is 34.9 Å². The van der Waals surface area contributed by atoms with E-state index in [4.69, 9.17) is 22.3 Å². The lowest BCUT2D eigenvalue weighted by Crippen LogP contribution is -2.47. The molecule has 2 fully saturated rings. The highest BCUT2D eigenvalue weighted by Crippen LogP contribution is 2.38. The summed E-state index contributed by atoms with van der Waals surface area (Å²) in [6.45, 7) is 1.10. The second-order valence-electron chi connectivity index (χ2n) is 11.2. The Balaban J connectivity index is 1.26. The van der Waals surface area contributed by atoms with E-state index in [0.29, 0.717) is 55.9 Å². The van der Waals surface area contributed by atoms with Crippen molar-refractivity contribution in [2.45, 2.75) is 50.6 Å². The summed E-state index contributed by atoms with van der Waals surface area (Å²) in [5.41, 5.74) is 7.13. The van der Waals surface area contributed by atoms with Gasteiger partial charge in [0.15, 0.2) is 11.5 Å². The summed E-state index contributed by atoms with van der Waals surface area (Å²) in [6.07, 6.45) is 5.62. The molecule has 1 saturated carbocycles. The number of piperidine rings is 1. The maximum Gasteiger partial charge on any atom is 0.321 e. The van der Waals surface area contributed by atoms with Gasteiger partial charge in [0.25, 0.3) is 0 Å². The van der Waals surface area contributed by atoms with Gasteiger partial charge < -0.3 is 26.6 Å². The van der Waals surface area contributed by atoms with Crippen molar-refractivity contribution < 1.29 is 18.4 Å². The lowest BCUT2D eigenvalue weighted by Gasteiger charge is -2.33. The number of hydrogen-bond donors (Lipinski definition) is 4. The number of rotatable bonds is 7. The van der Waals surface area contributed by atoms with Crippen LogP contribution in [0.3, 0.4) is 0 Å². The van der Waals surface area contributed by atoms with E-state index in [0.717, 1.165) is 30.7 Å². The molecule has 0 radical (unpaired) electrons. The highest BCUT2D eigenvalue weighted by Gasteiger charge is 2.30. The van der Waals surface area contributed by atoms with Crippen molar-refractivity contribution in [2.75, 3.05) is 29.0 Å². The van der Waals surface area contributed by atoms with Crippen LogP contribution in [0.1, 0.15) is 44.6 Å². The number of nitrogens with zero attached hydrogens (tertiary/aromatic N) is 5. The molecule has 1 saturated heterocycles. The zero-order valence-corrected chi connectivity index (χ0v) is 24.5. The first kappa shape index (κ1) is 29.5. The number of nitrogens with one attached hydrogen (secondary N) is 3. The lowest BCUT2D eigenvalue weighted by molar-refractivity contribution is -0.122. The molecule has 11 nitrogen and oxygen atoms in total. The fourth-order valence-electron chi connectivity index (χ4n) is 5.97. The van der Waals surface area contributed by atoms with Crippen LogP contribution in [0, 0.1) is 17.6 Å². The molecule has 5 N–H and O–H groups in total. The second kappa shape index (κ2) is 12.6. The number of primary amides is 1. The third kappa shape index (κ3) is 6.37. The maximum atomic E-state index is 14.8. The summed E-state index contributed by atoms with van der Waals surface area (Å²) < 4.78 is 30.3. The van der Waals surface area contributed by atoms with E-state index in [-0.39, 0.29) is 46.6 Å². The third-order valence-electron chi connectivity index (χ3n) is 8.21. The lowest BCUT2D eigenvalue weighted by atomic mass is 9.85. The number of hydrogen-bond acceptors (Lipinski definition) is 7. The van der Waals surface area contributed by atoms with Crippen molar-refractivity contribution in [3.63, 3.8) is 0 Å². The van der Waals surface area contributed by atoms with Gasteiger partial charge in [0.1, 0.15) is 11.3 Å². The van der Waals surface area contributed by atoms with Gasteiger partial charge in [-0.25, -0.2) is 23.5 Å². The number of carbonyl (C=O) groups is 2. The summed E-state index contributed by atoms with van der Waals surface area (Å²) >= 11 is 6.19. The summed E-state index contributed by atoms with van der Waals surface area (Å²) in [4.78, 5) is 40.4. The summed E-state index contributed by atoms with van der Waals surface area (Å²) in [5.74, 6) is -1.58. The zero-order valence-electron chi connectivity index (χ0n) is 23.8. The number of amides is 3. The Bertz CT molecular complexity index is 1660. The number of para-hydroxylation sites is 1. The summed E-state index contributed by atoms with van der Waals surface area (Å²) in [6, 6.07) is 10.7. The third-order valence-corrected chi connectivity index (χ3v) is 8.51. The topological polar surface area (TPSA) is 143 Å². The van der Waals surface area contributed by atoms with Crippen molar-refractivity contribution in [1.29, 1.82) is 0 Å². The van der Waals surface area contributed by atoms with Crippen LogP contribution in [-0.2, 0) is 4.79 Å². The van der Waals surface area contributed by atoms with Crippen molar-refractivity contribution >= 4 is 58.0 Å². The Labute approximate surface area is 257 Å². The van der Waals surface area contributed by atoms with Crippen LogP contribution in [0.4, 0.5) is 36.8 Å². The van der Waals surface area contributed by atoms with Gasteiger partial charge in [-0.3, -0.25) is 9.36 Å². The molecule has 0 unspecified atom stereocenters. The van der Waals surface area contributed by atoms with Gasteiger partial charge >= 0.3 is 6.03 Å². The van der Waals surface area contributed by atoms with Crippen LogP contribution in [0.2, 0.25) is 5.02 Å². The first-order valence-corrected chi connectivity index (χ1v) is 15.0. The standard InChI is InChI=1S/C30H32ClF2N9O2/c31-22-13-18(32)14-23(33)25(22)39-29-38-24-15-35-28(40-27(24)42(29)21-10-8-17(9-11-21)26(34)43)36-20-7-4-12-41(16-20)30(44)37-19-5-2-1-3-6-19/h1-3,5-6,13-15,17,20-21H,4,7-12,16H2,(H2,34,43)(H,37,44)(H,38,39)(H,35,36,40)/t17-,20-,21-/m1/s1. The van der Waals surface area contributed by atoms with E-state index in [1.165, 1.54) is 0 Å². The fourth-order valence-corrected chi connectivity index (χ4v) is 6.21. The smallest absolute Gasteiger partial charge is 0.321 e. The van der Waals surface area contributed by atoms with Crippen LogP contribution < -0.4 is 21.7 Å². The highest BCUT2D eigenvalue weighted by atomic mass is 35.5. The molecule has 0 spiro atoms. The average molecular weight is 624 g/mol. The van der Waals surface area contributed by atoms with E-state index >= 15 is 0 Å². The highest BCUT2D eigenvalue weighted by molar-refractivity contribution is 6.33. The number of anilines is 4. The van der Waals surface area contributed by atoms with Gasteiger partial charge in [-0.05, 0) is 56.7 Å². The Hall–Kier alpha value is -4.52. The molecule has 3 amide bonds. The number of benzene rings is 2. The molecule has 44 heavy (non-hydrogen) atoms. The fraction of sp³-hybridized carbons (Fsp3) is 0.367. The molecule has 1 aliphatic heterocycles. The maximum absolute atomic E-state index is 14.8. The van der Waals surface area contributed by atoms with Crippen LogP contribution >= 0.6 is 11.6 Å². The normalized spacial score (nSPS) is 20.3. The molecule has 230 valence electrons. The van der Waals surface area contributed by atoms with Crippen LogP contribution in [0.15, 0.2) is 48.7 Å². The van der Waals surface area contributed by atoms with Crippen LogP contribution in [0.5, 0.6) is 0 Å². The minimum atomic E-state index is -0.863. The molecular weight excluding hydrogens is 592 g/mol. The number of likely N-dealkylation sites (tertiary alicyclic amines) is 1. The molecule has 1 atom stereocenters. The summed E-state index contributed by atoms with van der Waals surface area (Å²) in [5, 5.41) is 9.11. The Morgan fingerprint density at radius 3 is 2.52 bits per heavy atom. The molecule has 4 aromatic rings. The van der Waals surface area contributed by atoms with Gasteiger partial charge in [-0.15, -0.1) is 0 Å². The van der Waals surface area contributed by atoms with Gasteiger partial charge in [0.05, 0.1) is 16.9 Å². The summed E-state index contributed by atoms with van der Waals surface area (Å²) in [7, 11) is 0. The van der Waals surface area contributed by atoms with Gasteiger partial charge in [0.2, 0.25) is 17.8 Å². The first-order chi connectivity index (χ1) is 21.2. The molecule has 3 heterocycles. The first-order valence-electron chi connectivity index (χ1n) is 14.6. The van der Waals surface area contributed by atoms with Crippen molar-refractivity contribution in [3.8, 4) is 0 Å². The molecule has 2 aliphatic rings. The van der Waals surface area contributed by atoms with E-state index in [2.05, 4.69) is 25.9 Å². The number of nitrogens with two attached hydrogens (primary N) is 1. The SMILES string of the molecule is NC(=O)[C@H]1CC[C@H](n2c(Nc3c(F)cc(F)cc3Cl)nc3cnc(N[C@@H]4CCCN(C(=O)Nc5ccccc5)C4)nc32)CC1. The van der Waals surface area contributed by atoms with Crippen molar-refractivity contribution in [2.24, 2.45) is 11.7 Å². The van der Waals surface area contributed by atoms with Crippen LogP contribution in [0.25, 0.3) is 11.2 Å². The molecule has 14 heteroatoms. The monoisotopic (exact) mass is 623 g/mol. The molecule has 0 bridgehead atoms. The molecule has 1 aliphatic carbocycles. The minimum absolute atomic E-state index is 0.0881. The Kier molecular flexibility index (Phi) is 8.47. The van der Waals surface area contributed by atoms with E-state index < -0.39 is 11.6 Å². The molecule has 2 aromatic carbocycles. The second-order valence-corrected chi connectivity index (χ2v) is 11.6. The Morgan fingerprint density at radius 1 is 1.02 bits per heavy atom. The quantitative estimate of drug-likeness (QED) is 0.203.